The monoisotopic (exact) mass is 357 g/mol. The number of carboxylic acids is 1. The highest BCUT2D eigenvalue weighted by Crippen LogP contribution is 2.29. The van der Waals surface area contributed by atoms with Gasteiger partial charge in [0.25, 0.3) is 4.73 Å². The Morgan fingerprint density at radius 2 is 1.95 bits per heavy atom. The summed E-state index contributed by atoms with van der Waals surface area (Å²) < 4.78 is 0.614. The van der Waals surface area contributed by atoms with Gasteiger partial charge in [0.05, 0.1) is 4.92 Å². The molecular formula is C9H4BrN5O6. The molecule has 11 nitrogen and oxygen atoms in total. The van der Waals surface area contributed by atoms with Gasteiger partial charge in [-0.05, 0) is 22.0 Å². The minimum absolute atomic E-state index is 0.167. The van der Waals surface area contributed by atoms with Crippen LogP contribution in [0.25, 0.3) is 5.69 Å². The molecule has 0 atom stereocenters. The molecule has 1 aromatic heterocycles. The summed E-state index contributed by atoms with van der Waals surface area (Å²) in [7, 11) is 0. The average Bonchev–Trinajstić information content (AvgIpc) is 2.79. The van der Waals surface area contributed by atoms with Crippen LogP contribution in [0.5, 0.6) is 0 Å². The van der Waals surface area contributed by atoms with Crippen LogP contribution < -0.4 is 0 Å². The zero-order valence-electron chi connectivity index (χ0n) is 9.83. The summed E-state index contributed by atoms with van der Waals surface area (Å²) >= 11 is 2.88. The highest BCUT2D eigenvalue weighted by atomic mass is 79.9. The maximum atomic E-state index is 11.1. The highest BCUT2D eigenvalue weighted by Gasteiger charge is 2.30. The van der Waals surface area contributed by atoms with E-state index in [0.717, 1.165) is 10.7 Å². The predicted octanol–water partition coefficient (Wildman–Crippen LogP) is 1.54. The number of rotatable bonds is 4. The van der Waals surface area contributed by atoms with Gasteiger partial charge in [-0.15, -0.1) is 4.68 Å². The smallest absolute Gasteiger partial charge is 0.477 e. The average molecular weight is 358 g/mol. The molecule has 1 heterocycles. The van der Waals surface area contributed by atoms with Gasteiger partial charge in [-0.1, -0.05) is 6.07 Å². The van der Waals surface area contributed by atoms with Gasteiger partial charge in [-0.2, -0.15) is 0 Å². The summed E-state index contributed by atoms with van der Waals surface area (Å²) in [5.41, 5.74) is -1.57. The lowest BCUT2D eigenvalue weighted by molar-refractivity contribution is -0.394. The molecular weight excluding hydrogens is 354 g/mol. The summed E-state index contributed by atoms with van der Waals surface area (Å²) in [6, 6.07) is 3.50. The second kappa shape index (κ2) is 5.24. The molecule has 0 bridgehead atoms. The van der Waals surface area contributed by atoms with Crippen LogP contribution in [-0.4, -0.2) is 35.7 Å². The SMILES string of the molecule is O=C(O)c1cccc(-n2nc([N+](=O)[O-])nc2Br)c1[N+](=O)[O-]. The highest BCUT2D eigenvalue weighted by molar-refractivity contribution is 9.10. The van der Waals surface area contributed by atoms with Crippen molar-refractivity contribution in [1.29, 1.82) is 0 Å². The Hall–Kier alpha value is -2.89. The van der Waals surface area contributed by atoms with Gasteiger partial charge in [0.1, 0.15) is 5.56 Å². The van der Waals surface area contributed by atoms with Crippen molar-refractivity contribution in [3.8, 4) is 5.69 Å². The summed E-state index contributed by atoms with van der Waals surface area (Å²) in [5.74, 6) is -2.29. The van der Waals surface area contributed by atoms with Crippen molar-refractivity contribution in [2.45, 2.75) is 0 Å². The summed E-state index contributed by atoms with van der Waals surface area (Å²) in [5, 5.41) is 34.2. The van der Waals surface area contributed by atoms with Crippen LogP contribution in [0.4, 0.5) is 11.6 Å². The molecule has 0 saturated carbocycles. The number of benzene rings is 1. The molecule has 0 saturated heterocycles. The predicted molar refractivity (Wildman–Crippen MR) is 69.3 cm³/mol. The van der Waals surface area contributed by atoms with Crippen LogP contribution in [-0.2, 0) is 0 Å². The van der Waals surface area contributed by atoms with Crippen molar-refractivity contribution in [2.24, 2.45) is 0 Å². The maximum absolute atomic E-state index is 11.1. The number of hydrogen-bond donors (Lipinski definition) is 1. The van der Waals surface area contributed by atoms with Crippen molar-refractivity contribution in [3.05, 3.63) is 48.7 Å². The maximum Gasteiger partial charge on any atom is 0.492 e. The first-order valence-corrected chi connectivity index (χ1v) is 5.90. The molecule has 1 aromatic carbocycles. The van der Waals surface area contributed by atoms with Crippen molar-refractivity contribution in [3.63, 3.8) is 0 Å². The largest absolute Gasteiger partial charge is 0.492 e. The summed E-state index contributed by atoms with van der Waals surface area (Å²) in [6.45, 7) is 0. The molecule has 0 fully saturated rings. The molecule has 0 aliphatic carbocycles. The third-order valence-corrected chi connectivity index (χ3v) is 2.89. The molecule has 2 rings (SSSR count). The number of nitro groups is 2. The third kappa shape index (κ3) is 2.55. The summed E-state index contributed by atoms with van der Waals surface area (Å²) in [6.07, 6.45) is 0. The fraction of sp³-hybridized carbons (Fsp3) is 0. The first-order chi connectivity index (χ1) is 9.82. The Kier molecular flexibility index (Phi) is 3.62. The number of halogens is 1. The molecule has 0 amide bonds. The number of para-hydroxylation sites is 1. The summed E-state index contributed by atoms with van der Waals surface area (Å²) in [4.78, 5) is 34.4. The van der Waals surface area contributed by atoms with Crippen molar-refractivity contribution >= 4 is 33.5 Å². The van der Waals surface area contributed by atoms with Gasteiger partial charge in [0, 0.05) is 21.0 Å². The van der Waals surface area contributed by atoms with Gasteiger partial charge >= 0.3 is 17.6 Å². The zero-order valence-corrected chi connectivity index (χ0v) is 11.4. The van der Waals surface area contributed by atoms with Crippen molar-refractivity contribution in [2.75, 3.05) is 0 Å². The van der Waals surface area contributed by atoms with E-state index in [1.165, 1.54) is 12.1 Å². The fourth-order valence-electron chi connectivity index (χ4n) is 1.58. The first-order valence-electron chi connectivity index (χ1n) is 5.11. The molecule has 0 spiro atoms. The van der Waals surface area contributed by atoms with Crippen LogP contribution in [0.3, 0.4) is 0 Å². The van der Waals surface area contributed by atoms with Crippen LogP contribution in [0.2, 0.25) is 0 Å². The van der Waals surface area contributed by atoms with E-state index in [4.69, 9.17) is 5.11 Å². The lowest BCUT2D eigenvalue weighted by atomic mass is 10.1. The molecule has 0 unspecified atom stereocenters. The van der Waals surface area contributed by atoms with E-state index in [1.807, 2.05) is 0 Å². The van der Waals surface area contributed by atoms with Crippen LogP contribution >= 0.6 is 15.9 Å². The lowest BCUT2D eigenvalue weighted by Gasteiger charge is -2.03. The van der Waals surface area contributed by atoms with Crippen LogP contribution in [0, 0.1) is 20.2 Å². The second-order valence-electron chi connectivity index (χ2n) is 3.59. The molecule has 21 heavy (non-hydrogen) atoms. The van der Waals surface area contributed by atoms with Crippen molar-refractivity contribution in [1.82, 2.24) is 14.8 Å². The number of carboxylic acid groups (broad SMARTS) is 1. The Bertz CT molecular complexity index is 772. The van der Waals surface area contributed by atoms with Crippen LogP contribution in [0.15, 0.2) is 22.9 Å². The van der Waals surface area contributed by atoms with E-state index in [9.17, 15) is 25.0 Å². The molecule has 1 N–H and O–H groups in total. The quantitative estimate of drug-likeness (QED) is 0.637. The number of carbonyl (C=O) groups is 1. The molecule has 0 radical (unpaired) electrons. The van der Waals surface area contributed by atoms with Crippen LogP contribution in [0.1, 0.15) is 10.4 Å². The fourth-order valence-corrected chi connectivity index (χ4v) is 2.01. The molecule has 12 heteroatoms. The van der Waals surface area contributed by atoms with E-state index in [1.54, 1.807) is 0 Å². The topological polar surface area (TPSA) is 154 Å². The zero-order chi connectivity index (χ0) is 15.7. The third-order valence-electron chi connectivity index (χ3n) is 2.38. The molecule has 0 aliphatic heterocycles. The van der Waals surface area contributed by atoms with E-state index >= 15 is 0 Å². The number of nitro benzene ring substituents is 1. The number of aromatic nitrogens is 3. The number of aromatic carboxylic acids is 1. The Labute approximate surface area is 123 Å². The Balaban J connectivity index is 2.75. The first kappa shape index (κ1) is 14.5. The second-order valence-corrected chi connectivity index (χ2v) is 4.29. The molecule has 2 aromatic rings. The number of nitrogens with zero attached hydrogens (tertiary/aromatic N) is 5. The van der Waals surface area contributed by atoms with Gasteiger partial charge in [-0.25, -0.2) is 4.79 Å². The minimum Gasteiger partial charge on any atom is -0.477 e. The molecule has 0 aliphatic rings. The lowest BCUT2D eigenvalue weighted by Crippen LogP contribution is -2.08. The van der Waals surface area contributed by atoms with E-state index in [-0.39, 0.29) is 10.4 Å². The van der Waals surface area contributed by atoms with Gasteiger partial charge in [0.2, 0.25) is 0 Å². The Morgan fingerprint density at radius 1 is 1.29 bits per heavy atom. The van der Waals surface area contributed by atoms with E-state index in [0.29, 0.717) is 0 Å². The van der Waals surface area contributed by atoms with E-state index < -0.39 is 33.0 Å². The normalized spacial score (nSPS) is 10.3. The minimum atomic E-state index is -1.51. The standard InChI is InChI=1S/C9H4BrN5O6/c10-8-11-9(15(20)21)12-13(8)5-3-1-2-4(7(16)17)6(5)14(18)19/h1-3H,(H,16,17). The van der Waals surface area contributed by atoms with Crippen molar-refractivity contribution < 1.29 is 19.7 Å². The van der Waals surface area contributed by atoms with Gasteiger partial charge in [0.15, 0.2) is 5.69 Å². The van der Waals surface area contributed by atoms with Gasteiger partial charge in [-0.3, -0.25) is 10.1 Å². The Morgan fingerprint density at radius 3 is 2.43 bits per heavy atom. The van der Waals surface area contributed by atoms with Gasteiger partial charge < -0.3 is 15.2 Å². The molecule has 108 valence electrons. The van der Waals surface area contributed by atoms with E-state index in [2.05, 4.69) is 26.0 Å². The number of hydrogen-bond acceptors (Lipinski definition) is 7.